The molecule has 0 radical (unpaired) electrons. The van der Waals surface area contributed by atoms with E-state index in [0.29, 0.717) is 17.2 Å². The molecule has 0 atom stereocenters. The van der Waals surface area contributed by atoms with Crippen molar-refractivity contribution in [1.29, 1.82) is 0 Å². The summed E-state index contributed by atoms with van der Waals surface area (Å²) in [5.74, 6) is 0.848. The Morgan fingerprint density at radius 1 is 1.30 bits per heavy atom. The molecule has 6 nitrogen and oxygen atoms in total. The Morgan fingerprint density at radius 2 is 1.95 bits per heavy atom. The number of ether oxygens (including phenoxy) is 2. The number of rotatable bonds is 5. The van der Waals surface area contributed by atoms with E-state index in [1.807, 2.05) is 20.8 Å². The molecule has 1 heterocycles. The Kier molecular flexibility index (Phi) is 3.82. The van der Waals surface area contributed by atoms with E-state index in [-0.39, 0.29) is 6.10 Å². The van der Waals surface area contributed by atoms with Crippen molar-refractivity contribution >= 4 is 15.7 Å². The fourth-order valence-corrected chi connectivity index (χ4v) is 2.11. The first-order valence-corrected chi connectivity index (χ1v) is 8.35. The van der Waals surface area contributed by atoms with Crippen LogP contribution in [0.15, 0.2) is 12.4 Å². The van der Waals surface area contributed by atoms with Crippen molar-refractivity contribution in [3.8, 4) is 11.5 Å². The van der Waals surface area contributed by atoms with E-state index in [1.54, 1.807) is 6.20 Å². The van der Waals surface area contributed by atoms with E-state index in [1.165, 1.54) is 6.20 Å². The minimum absolute atomic E-state index is 0.174. The van der Waals surface area contributed by atoms with Crippen molar-refractivity contribution in [3.05, 3.63) is 12.4 Å². The van der Waals surface area contributed by atoms with E-state index >= 15 is 0 Å². The third-order valence-electron chi connectivity index (χ3n) is 2.39. The summed E-state index contributed by atoms with van der Waals surface area (Å²) in [5.41, 5.74) is -0.183. The molecule has 1 N–H and O–H groups in total. The molecule has 7 heteroatoms. The quantitative estimate of drug-likeness (QED) is 0.901. The highest BCUT2D eigenvalue weighted by atomic mass is 32.2. The van der Waals surface area contributed by atoms with Gasteiger partial charge < -0.3 is 9.47 Å². The van der Waals surface area contributed by atoms with Gasteiger partial charge in [-0.05, 0) is 33.6 Å². The number of nitrogens with one attached hydrogen (secondary N) is 1. The largest absolute Gasteiger partial charge is 0.485 e. The van der Waals surface area contributed by atoms with Crippen LogP contribution in [0.5, 0.6) is 11.5 Å². The molecule has 1 aliphatic carbocycles. The molecule has 20 heavy (non-hydrogen) atoms. The van der Waals surface area contributed by atoms with Crippen molar-refractivity contribution < 1.29 is 17.9 Å². The van der Waals surface area contributed by atoms with Crippen LogP contribution >= 0.6 is 0 Å². The van der Waals surface area contributed by atoms with Crippen molar-refractivity contribution in [2.75, 3.05) is 11.0 Å². The summed E-state index contributed by atoms with van der Waals surface area (Å²) in [4.78, 5) is 4.01. The van der Waals surface area contributed by atoms with Gasteiger partial charge in [-0.15, -0.1) is 0 Å². The Bertz CT molecular complexity index is 589. The predicted molar refractivity (Wildman–Crippen MR) is 76.7 cm³/mol. The molecule has 0 aliphatic heterocycles. The molecule has 1 fully saturated rings. The van der Waals surface area contributed by atoms with Crippen molar-refractivity contribution in [2.45, 2.75) is 45.3 Å². The molecule has 1 aromatic heterocycles. The van der Waals surface area contributed by atoms with Crippen LogP contribution in [0.25, 0.3) is 0 Å². The molecule has 0 aromatic carbocycles. The first-order chi connectivity index (χ1) is 9.14. The van der Waals surface area contributed by atoms with E-state index in [2.05, 4.69) is 9.71 Å². The van der Waals surface area contributed by atoms with E-state index in [4.69, 9.17) is 9.47 Å². The zero-order valence-corrected chi connectivity index (χ0v) is 13.0. The molecule has 2 rings (SSSR count). The second kappa shape index (κ2) is 5.12. The number of pyridine rings is 1. The van der Waals surface area contributed by atoms with Crippen LogP contribution in [-0.2, 0) is 10.0 Å². The van der Waals surface area contributed by atoms with Gasteiger partial charge in [0.1, 0.15) is 11.3 Å². The highest BCUT2D eigenvalue weighted by molar-refractivity contribution is 7.92. The number of anilines is 1. The zero-order valence-electron chi connectivity index (χ0n) is 12.1. The monoisotopic (exact) mass is 300 g/mol. The van der Waals surface area contributed by atoms with Crippen LogP contribution in [0.2, 0.25) is 0 Å². The molecular formula is C13H20N2O4S. The number of hydrogen-bond acceptors (Lipinski definition) is 5. The number of hydrogen-bond donors (Lipinski definition) is 1. The predicted octanol–water partition coefficient (Wildman–Crippen LogP) is 2.17. The Balaban J connectivity index is 2.37. The van der Waals surface area contributed by atoms with Crippen LogP contribution in [0.4, 0.5) is 5.69 Å². The maximum absolute atomic E-state index is 11.4. The van der Waals surface area contributed by atoms with Crippen LogP contribution in [-0.4, -0.2) is 31.4 Å². The lowest BCUT2D eigenvalue weighted by Gasteiger charge is -2.25. The maximum atomic E-state index is 11.4. The molecule has 1 aromatic rings. The number of sulfonamides is 1. The molecule has 0 unspecified atom stereocenters. The fraction of sp³-hybridized carbons (Fsp3) is 0.615. The van der Waals surface area contributed by atoms with Gasteiger partial charge in [-0.25, -0.2) is 8.42 Å². The summed E-state index contributed by atoms with van der Waals surface area (Å²) in [6.07, 6.45) is 6.22. The van der Waals surface area contributed by atoms with Gasteiger partial charge in [-0.1, -0.05) is 0 Å². The summed E-state index contributed by atoms with van der Waals surface area (Å²) < 4.78 is 36.9. The average molecular weight is 300 g/mol. The minimum Gasteiger partial charge on any atom is -0.485 e. The Labute approximate surface area is 119 Å². The lowest BCUT2D eigenvalue weighted by molar-refractivity contribution is 0.123. The molecule has 0 bridgehead atoms. The van der Waals surface area contributed by atoms with E-state index < -0.39 is 15.6 Å². The second-order valence-corrected chi connectivity index (χ2v) is 7.67. The molecule has 112 valence electrons. The first-order valence-electron chi connectivity index (χ1n) is 6.45. The lowest BCUT2D eigenvalue weighted by Crippen LogP contribution is -2.24. The van der Waals surface area contributed by atoms with Crippen molar-refractivity contribution in [1.82, 2.24) is 4.98 Å². The topological polar surface area (TPSA) is 77.5 Å². The van der Waals surface area contributed by atoms with Gasteiger partial charge in [0.15, 0.2) is 11.5 Å². The van der Waals surface area contributed by atoms with Gasteiger partial charge >= 0.3 is 0 Å². The van der Waals surface area contributed by atoms with Crippen molar-refractivity contribution in [3.63, 3.8) is 0 Å². The zero-order chi connectivity index (χ0) is 15.0. The van der Waals surface area contributed by atoms with Crippen LogP contribution < -0.4 is 14.2 Å². The third kappa shape index (κ3) is 4.56. The SMILES string of the molecule is CC(C)(C)Oc1c(NS(C)(=O)=O)cncc1OC1CC1. The number of nitrogens with zero attached hydrogens (tertiary/aromatic N) is 1. The first kappa shape index (κ1) is 14.9. The van der Waals surface area contributed by atoms with Gasteiger partial charge in [0.25, 0.3) is 0 Å². The molecule has 1 aliphatic rings. The smallest absolute Gasteiger partial charge is 0.229 e. The standard InChI is InChI=1S/C13H20N2O4S/c1-13(2,3)19-12-10(15-20(4,16)17)7-14-8-11(12)18-9-5-6-9/h7-9,15H,5-6H2,1-4H3. The molecule has 0 amide bonds. The molecule has 0 spiro atoms. The molecular weight excluding hydrogens is 280 g/mol. The van der Waals surface area contributed by atoms with Gasteiger partial charge in [-0.2, -0.15) is 0 Å². The van der Waals surface area contributed by atoms with E-state index in [9.17, 15) is 8.42 Å². The molecule has 1 saturated carbocycles. The molecule has 0 saturated heterocycles. The maximum Gasteiger partial charge on any atom is 0.229 e. The van der Waals surface area contributed by atoms with Gasteiger partial charge in [0.05, 0.1) is 24.8 Å². The second-order valence-electron chi connectivity index (χ2n) is 5.92. The van der Waals surface area contributed by atoms with Crippen LogP contribution in [0, 0.1) is 0 Å². The Morgan fingerprint density at radius 3 is 2.45 bits per heavy atom. The normalized spacial score (nSPS) is 15.8. The number of aromatic nitrogens is 1. The van der Waals surface area contributed by atoms with E-state index in [0.717, 1.165) is 19.1 Å². The van der Waals surface area contributed by atoms with Crippen LogP contribution in [0.1, 0.15) is 33.6 Å². The minimum atomic E-state index is -3.41. The summed E-state index contributed by atoms with van der Waals surface area (Å²) in [6, 6.07) is 0. The van der Waals surface area contributed by atoms with Crippen LogP contribution in [0.3, 0.4) is 0 Å². The summed E-state index contributed by atoms with van der Waals surface area (Å²) in [7, 11) is -3.41. The fourth-order valence-electron chi connectivity index (χ4n) is 1.56. The lowest BCUT2D eigenvalue weighted by atomic mass is 10.2. The van der Waals surface area contributed by atoms with Gasteiger partial charge in [0, 0.05) is 0 Å². The van der Waals surface area contributed by atoms with Gasteiger partial charge in [-0.3, -0.25) is 9.71 Å². The summed E-state index contributed by atoms with van der Waals surface area (Å²) in [5, 5.41) is 0. The van der Waals surface area contributed by atoms with Crippen molar-refractivity contribution in [2.24, 2.45) is 0 Å². The Hall–Kier alpha value is -1.50. The third-order valence-corrected chi connectivity index (χ3v) is 2.98. The van der Waals surface area contributed by atoms with Gasteiger partial charge in [0.2, 0.25) is 10.0 Å². The highest BCUT2D eigenvalue weighted by Gasteiger charge is 2.28. The average Bonchev–Trinajstić information content (AvgIpc) is 3.03. The summed E-state index contributed by atoms with van der Waals surface area (Å²) >= 11 is 0. The highest BCUT2D eigenvalue weighted by Crippen LogP contribution is 2.40. The summed E-state index contributed by atoms with van der Waals surface area (Å²) in [6.45, 7) is 5.66.